The molecule has 1 aliphatic rings. The Morgan fingerprint density at radius 2 is 2.25 bits per heavy atom. The Labute approximate surface area is 93.3 Å². The third-order valence-corrected chi connectivity index (χ3v) is 2.98. The SMILES string of the molecule is CC1(CNC(=O)c2cc(F)ccc2O)CC1. The highest BCUT2D eigenvalue weighted by molar-refractivity contribution is 5.96. The van der Waals surface area contributed by atoms with E-state index in [0.717, 1.165) is 25.0 Å². The third-order valence-electron chi connectivity index (χ3n) is 2.98. The minimum absolute atomic E-state index is 0.00995. The number of halogens is 1. The van der Waals surface area contributed by atoms with Gasteiger partial charge in [0.05, 0.1) is 5.56 Å². The lowest BCUT2D eigenvalue weighted by Gasteiger charge is -2.10. The van der Waals surface area contributed by atoms with Crippen LogP contribution < -0.4 is 5.32 Å². The van der Waals surface area contributed by atoms with Crippen LogP contribution in [0.5, 0.6) is 5.75 Å². The van der Waals surface area contributed by atoms with Crippen LogP contribution in [-0.2, 0) is 0 Å². The second kappa shape index (κ2) is 3.77. The molecule has 1 fully saturated rings. The first-order valence-corrected chi connectivity index (χ1v) is 5.27. The molecule has 1 aromatic rings. The lowest BCUT2D eigenvalue weighted by Crippen LogP contribution is -2.29. The summed E-state index contributed by atoms with van der Waals surface area (Å²) in [6.07, 6.45) is 2.20. The second-order valence-electron chi connectivity index (χ2n) is 4.65. The highest BCUT2D eigenvalue weighted by Crippen LogP contribution is 2.44. The molecule has 1 aliphatic carbocycles. The molecule has 1 aromatic carbocycles. The Morgan fingerprint density at radius 1 is 1.56 bits per heavy atom. The lowest BCUT2D eigenvalue weighted by atomic mass is 10.1. The van der Waals surface area contributed by atoms with Crippen LogP contribution in [0.1, 0.15) is 30.1 Å². The molecule has 2 N–H and O–H groups in total. The van der Waals surface area contributed by atoms with Crippen molar-refractivity contribution in [1.29, 1.82) is 0 Å². The molecule has 0 bridgehead atoms. The number of hydrogen-bond donors (Lipinski definition) is 2. The molecule has 1 saturated carbocycles. The van der Waals surface area contributed by atoms with E-state index in [9.17, 15) is 14.3 Å². The molecule has 0 unspecified atom stereocenters. The van der Waals surface area contributed by atoms with Gasteiger partial charge in [0.25, 0.3) is 5.91 Å². The molecular formula is C12H14FNO2. The molecule has 16 heavy (non-hydrogen) atoms. The molecule has 4 heteroatoms. The normalized spacial score (nSPS) is 16.9. The Hall–Kier alpha value is -1.58. The van der Waals surface area contributed by atoms with E-state index in [0.29, 0.717) is 6.54 Å². The number of rotatable bonds is 3. The van der Waals surface area contributed by atoms with Gasteiger partial charge in [-0.1, -0.05) is 6.92 Å². The monoisotopic (exact) mass is 223 g/mol. The van der Waals surface area contributed by atoms with Gasteiger partial charge in [0.1, 0.15) is 11.6 Å². The number of aromatic hydroxyl groups is 1. The van der Waals surface area contributed by atoms with E-state index in [-0.39, 0.29) is 16.7 Å². The zero-order valence-corrected chi connectivity index (χ0v) is 9.09. The molecule has 0 aliphatic heterocycles. The largest absolute Gasteiger partial charge is 0.507 e. The van der Waals surface area contributed by atoms with Crippen molar-refractivity contribution in [2.24, 2.45) is 5.41 Å². The summed E-state index contributed by atoms with van der Waals surface area (Å²) in [5.74, 6) is -1.15. The number of nitrogens with one attached hydrogen (secondary N) is 1. The standard InChI is InChI=1S/C12H14FNO2/c1-12(4-5-12)7-14-11(16)9-6-8(13)2-3-10(9)15/h2-3,6,15H,4-5,7H2,1H3,(H,14,16). The van der Waals surface area contributed by atoms with Gasteiger partial charge >= 0.3 is 0 Å². The quantitative estimate of drug-likeness (QED) is 0.824. The van der Waals surface area contributed by atoms with Gasteiger partial charge in [-0.15, -0.1) is 0 Å². The molecule has 0 saturated heterocycles. The number of amides is 1. The molecular weight excluding hydrogens is 209 g/mol. The predicted molar refractivity (Wildman–Crippen MR) is 57.7 cm³/mol. The molecule has 3 nitrogen and oxygen atoms in total. The Balaban J connectivity index is 2.05. The predicted octanol–water partition coefficient (Wildman–Crippen LogP) is 2.06. The summed E-state index contributed by atoms with van der Waals surface area (Å²) in [6, 6.07) is 3.34. The summed E-state index contributed by atoms with van der Waals surface area (Å²) in [6.45, 7) is 2.65. The first-order chi connectivity index (χ1) is 7.50. The minimum atomic E-state index is -0.527. The van der Waals surface area contributed by atoms with Crippen LogP contribution >= 0.6 is 0 Å². The Bertz CT molecular complexity index is 427. The number of phenols is 1. The van der Waals surface area contributed by atoms with Gasteiger partial charge in [-0.05, 0) is 36.5 Å². The van der Waals surface area contributed by atoms with Crippen molar-refractivity contribution in [1.82, 2.24) is 5.32 Å². The van der Waals surface area contributed by atoms with Gasteiger partial charge in [-0.3, -0.25) is 4.79 Å². The van der Waals surface area contributed by atoms with Crippen LogP contribution in [0.4, 0.5) is 4.39 Å². The van der Waals surface area contributed by atoms with Crippen LogP contribution in [0.25, 0.3) is 0 Å². The fraction of sp³-hybridized carbons (Fsp3) is 0.417. The van der Waals surface area contributed by atoms with Gasteiger partial charge in [-0.2, -0.15) is 0 Å². The van der Waals surface area contributed by atoms with Gasteiger partial charge in [-0.25, -0.2) is 4.39 Å². The smallest absolute Gasteiger partial charge is 0.255 e. The number of hydrogen-bond acceptors (Lipinski definition) is 2. The number of carbonyl (C=O) groups is 1. The van der Waals surface area contributed by atoms with E-state index in [2.05, 4.69) is 12.2 Å². The average molecular weight is 223 g/mol. The van der Waals surface area contributed by atoms with Crippen molar-refractivity contribution in [3.05, 3.63) is 29.6 Å². The van der Waals surface area contributed by atoms with Crippen molar-refractivity contribution in [3.63, 3.8) is 0 Å². The Kier molecular flexibility index (Phi) is 2.58. The van der Waals surface area contributed by atoms with Crippen LogP contribution in [0.3, 0.4) is 0 Å². The fourth-order valence-corrected chi connectivity index (χ4v) is 1.47. The zero-order chi connectivity index (χ0) is 11.8. The maximum Gasteiger partial charge on any atom is 0.255 e. The number of phenolic OH excluding ortho intramolecular Hbond substituents is 1. The van der Waals surface area contributed by atoms with E-state index >= 15 is 0 Å². The van der Waals surface area contributed by atoms with Gasteiger partial charge in [0.15, 0.2) is 0 Å². The average Bonchev–Trinajstić information content (AvgIpc) is 2.97. The van der Waals surface area contributed by atoms with Gasteiger partial charge in [0.2, 0.25) is 0 Å². The van der Waals surface area contributed by atoms with E-state index in [1.165, 1.54) is 6.07 Å². The summed E-state index contributed by atoms with van der Waals surface area (Å²) in [5.41, 5.74) is 0.183. The molecule has 2 rings (SSSR count). The zero-order valence-electron chi connectivity index (χ0n) is 9.09. The molecule has 0 aromatic heterocycles. The highest BCUT2D eigenvalue weighted by atomic mass is 19.1. The summed E-state index contributed by atoms with van der Waals surface area (Å²) >= 11 is 0. The Morgan fingerprint density at radius 3 is 2.88 bits per heavy atom. The van der Waals surface area contributed by atoms with Crippen LogP contribution in [0.15, 0.2) is 18.2 Å². The van der Waals surface area contributed by atoms with Crippen molar-refractivity contribution in [2.75, 3.05) is 6.54 Å². The summed E-state index contributed by atoms with van der Waals surface area (Å²) in [5, 5.41) is 12.1. The van der Waals surface area contributed by atoms with E-state index in [4.69, 9.17) is 0 Å². The first kappa shape index (κ1) is 10.9. The fourth-order valence-electron chi connectivity index (χ4n) is 1.47. The van der Waals surface area contributed by atoms with Crippen molar-refractivity contribution < 1.29 is 14.3 Å². The van der Waals surface area contributed by atoms with Gasteiger partial charge < -0.3 is 10.4 Å². The van der Waals surface area contributed by atoms with Crippen LogP contribution in [-0.4, -0.2) is 17.6 Å². The van der Waals surface area contributed by atoms with Crippen molar-refractivity contribution in [3.8, 4) is 5.75 Å². The molecule has 0 spiro atoms. The topological polar surface area (TPSA) is 49.3 Å². The molecule has 0 atom stereocenters. The molecule has 1 amide bonds. The summed E-state index contributed by atoms with van der Waals surface area (Å²) < 4.78 is 12.9. The van der Waals surface area contributed by atoms with E-state index in [1.807, 2.05) is 0 Å². The van der Waals surface area contributed by atoms with Crippen LogP contribution in [0.2, 0.25) is 0 Å². The molecule has 0 heterocycles. The van der Waals surface area contributed by atoms with E-state index < -0.39 is 11.7 Å². The van der Waals surface area contributed by atoms with E-state index in [1.54, 1.807) is 0 Å². The van der Waals surface area contributed by atoms with Crippen molar-refractivity contribution in [2.45, 2.75) is 19.8 Å². The summed E-state index contributed by atoms with van der Waals surface area (Å²) in [7, 11) is 0. The number of carbonyl (C=O) groups excluding carboxylic acids is 1. The minimum Gasteiger partial charge on any atom is -0.507 e. The lowest BCUT2D eigenvalue weighted by molar-refractivity contribution is 0.0943. The first-order valence-electron chi connectivity index (χ1n) is 5.27. The second-order valence-corrected chi connectivity index (χ2v) is 4.65. The molecule has 0 radical (unpaired) electrons. The maximum absolute atomic E-state index is 12.9. The van der Waals surface area contributed by atoms with Gasteiger partial charge in [0, 0.05) is 6.54 Å². The van der Waals surface area contributed by atoms with Crippen LogP contribution in [0, 0.1) is 11.2 Å². The highest BCUT2D eigenvalue weighted by Gasteiger charge is 2.37. The van der Waals surface area contributed by atoms with Crippen molar-refractivity contribution >= 4 is 5.91 Å². The third kappa shape index (κ3) is 2.32. The molecule has 86 valence electrons. The number of benzene rings is 1. The summed E-state index contributed by atoms with van der Waals surface area (Å²) in [4.78, 5) is 11.7. The maximum atomic E-state index is 12.9.